The van der Waals surface area contributed by atoms with E-state index in [1.165, 1.54) is 34.4 Å². The summed E-state index contributed by atoms with van der Waals surface area (Å²) in [5.74, 6) is -0.767. The van der Waals surface area contributed by atoms with Gasteiger partial charge in [-0.25, -0.2) is 14.6 Å². The average Bonchev–Trinajstić information content (AvgIpc) is 3.05. The average molecular weight is 374 g/mol. The van der Waals surface area contributed by atoms with Crippen molar-refractivity contribution in [3.8, 4) is 11.1 Å². The smallest absolute Gasteiger partial charge is 0.415 e. The van der Waals surface area contributed by atoms with Crippen LogP contribution in [0.2, 0.25) is 0 Å². The zero-order chi connectivity index (χ0) is 19.7. The Kier molecular flexibility index (Phi) is 4.53. The summed E-state index contributed by atoms with van der Waals surface area (Å²) in [7, 11) is 1.54. The van der Waals surface area contributed by atoms with E-state index in [0.29, 0.717) is 5.82 Å². The van der Waals surface area contributed by atoms with Crippen molar-refractivity contribution < 1.29 is 19.4 Å². The molecule has 0 bridgehead atoms. The molecule has 0 radical (unpaired) electrons. The highest BCUT2D eigenvalue weighted by Gasteiger charge is 2.29. The van der Waals surface area contributed by atoms with E-state index >= 15 is 0 Å². The number of anilines is 1. The van der Waals surface area contributed by atoms with Crippen molar-refractivity contribution >= 4 is 17.9 Å². The molecule has 0 saturated heterocycles. The Morgan fingerprint density at radius 1 is 1.00 bits per heavy atom. The number of aromatic carboxylic acids is 1. The van der Waals surface area contributed by atoms with Crippen molar-refractivity contribution in [1.82, 2.24) is 4.98 Å². The van der Waals surface area contributed by atoms with Gasteiger partial charge in [-0.1, -0.05) is 48.5 Å². The fourth-order valence-electron chi connectivity index (χ4n) is 3.50. The topological polar surface area (TPSA) is 79.7 Å². The van der Waals surface area contributed by atoms with E-state index in [2.05, 4.69) is 29.2 Å². The third-order valence-electron chi connectivity index (χ3n) is 4.95. The van der Waals surface area contributed by atoms with Crippen LogP contribution in [0.5, 0.6) is 0 Å². The van der Waals surface area contributed by atoms with Crippen LogP contribution in [0.25, 0.3) is 11.1 Å². The molecule has 28 heavy (non-hydrogen) atoms. The molecule has 1 amide bonds. The molecule has 0 spiro atoms. The molecule has 0 unspecified atom stereocenters. The molecule has 1 N–H and O–H groups in total. The van der Waals surface area contributed by atoms with Gasteiger partial charge in [0, 0.05) is 19.2 Å². The van der Waals surface area contributed by atoms with Gasteiger partial charge in [-0.15, -0.1) is 0 Å². The van der Waals surface area contributed by atoms with Crippen LogP contribution in [0.4, 0.5) is 10.6 Å². The van der Waals surface area contributed by atoms with Gasteiger partial charge in [0.2, 0.25) is 0 Å². The van der Waals surface area contributed by atoms with Gasteiger partial charge < -0.3 is 9.84 Å². The van der Waals surface area contributed by atoms with Crippen LogP contribution < -0.4 is 4.90 Å². The fraction of sp³-hybridized carbons (Fsp3) is 0.136. The number of benzene rings is 2. The largest absolute Gasteiger partial charge is 0.478 e. The van der Waals surface area contributed by atoms with Gasteiger partial charge in [0.15, 0.2) is 0 Å². The number of ether oxygens (including phenoxy) is 1. The molecule has 1 heterocycles. The Balaban J connectivity index is 1.50. The molecule has 4 rings (SSSR count). The van der Waals surface area contributed by atoms with E-state index in [1.54, 1.807) is 7.05 Å². The van der Waals surface area contributed by atoms with Gasteiger partial charge >= 0.3 is 12.1 Å². The Labute approximate surface area is 162 Å². The maximum absolute atomic E-state index is 12.5. The quantitative estimate of drug-likeness (QED) is 0.742. The number of rotatable bonds is 4. The number of amides is 1. The van der Waals surface area contributed by atoms with E-state index in [0.717, 1.165) is 11.1 Å². The second-order valence-corrected chi connectivity index (χ2v) is 6.57. The molecule has 1 aliphatic rings. The summed E-state index contributed by atoms with van der Waals surface area (Å²) in [5.41, 5.74) is 4.67. The molecular formula is C22H18N2O4. The minimum atomic E-state index is -1.07. The number of aromatic nitrogens is 1. The van der Waals surface area contributed by atoms with Gasteiger partial charge in [0.1, 0.15) is 12.4 Å². The first-order valence-corrected chi connectivity index (χ1v) is 8.84. The normalized spacial score (nSPS) is 12.2. The lowest BCUT2D eigenvalue weighted by atomic mass is 9.98. The molecule has 2 aromatic carbocycles. The van der Waals surface area contributed by atoms with Crippen molar-refractivity contribution in [2.24, 2.45) is 0 Å². The van der Waals surface area contributed by atoms with Crippen molar-refractivity contribution in [2.75, 3.05) is 18.6 Å². The fourth-order valence-corrected chi connectivity index (χ4v) is 3.50. The van der Waals surface area contributed by atoms with Crippen LogP contribution >= 0.6 is 0 Å². The Hall–Kier alpha value is -3.67. The molecule has 140 valence electrons. The maximum atomic E-state index is 12.5. The highest BCUT2D eigenvalue weighted by atomic mass is 16.6. The molecule has 6 heteroatoms. The summed E-state index contributed by atoms with van der Waals surface area (Å²) in [6, 6.07) is 19.1. The summed E-state index contributed by atoms with van der Waals surface area (Å²) in [5, 5.41) is 8.94. The van der Waals surface area contributed by atoms with Gasteiger partial charge in [-0.3, -0.25) is 4.90 Å². The number of carboxylic acid groups (broad SMARTS) is 1. The van der Waals surface area contributed by atoms with Crippen molar-refractivity contribution in [3.05, 3.63) is 83.6 Å². The van der Waals surface area contributed by atoms with E-state index < -0.39 is 12.1 Å². The highest BCUT2D eigenvalue weighted by molar-refractivity contribution is 5.89. The summed E-state index contributed by atoms with van der Waals surface area (Å²) in [4.78, 5) is 28.7. The molecule has 6 nitrogen and oxygen atoms in total. The van der Waals surface area contributed by atoms with Gasteiger partial charge in [-0.2, -0.15) is 0 Å². The maximum Gasteiger partial charge on any atom is 0.415 e. The van der Waals surface area contributed by atoms with E-state index in [4.69, 9.17) is 9.84 Å². The zero-order valence-electron chi connectivity index (χ0n) is 15.2. The highest BCUT2D eigenvalue weighted by Crippen LogP contribution is 2.44. The van der Waals surface area contributed by atoms with Crippen LogP contribution in [0.3, 0.4) is 0 Å². The van der Waals surface area contributed by atoms with E-state index in [-0.39, 0.29) is 18.1 Å². The Bertz CT molecular complexity index is 1000. The van der Waals surface area contributed by atoms with E-state index in [1.807, 2.05) is 24.3 Å². The Morgan fingerprint density at radius 3 is 2.14 bits per heavy atom. The van der Waals surface area contributed by atoms with Gasteiger partial charge in [0.05, 0.1) is 5.56 Å². The van der Waals surface area contributed by atoms with Gasteiger partial charge in [0.25, 0.3) is 0 Å². The molecule has 0 fully saturated rings. The number of carbonyl (C=O) groups is 2. The first-order valence-electron chi connectivity index (χ1n) is 8.84. The van der Waals surface area contributed by atoms with Crippen molar-refractivity contribution in [3.63, 3.8) is 0 Å². The van der Waals surface area contributed by atoms with Gasteiger partial charge in [-0.05, 0) is 34.4 Å². The van der Waals surface area contributed by atoms with Crippen LogP contribution in [0.15, 0.2) is 66.9 Å². The van der Waals surface area contributed by atoms with Crippen molar-refractivity contribution in [1.29, 1.82) is 0 Å². The van der Waals surface area contributed by atoms with Crippen LogP contribution in [0.1, 0.15) is 27.4 Å². The second-order valence-electron chi connectivity index (χ2n) is 6.57. The number of hydrogen-bond donors (Lipinski definition) is 1. The van der Waals surface area contributed by atoms with E-state index in [9.17, 15) is 9.59 Å². The summed E-state index contributed by atoms with van der Waals surface area (Å²) >= 11 is 0. The Morgan fingerprint density at radius 2 is 1.61 bits per heavy atom. The first-order chi connectivity index (χ1) is 13.6. The molecule has 1 aliphatic carbocycles. The predicted octanol–water partition coefficient (Wildman–Crippen LogP) is 4.17. The predicted molar refractivity (Wildman–Crippen MR) is 105 cm³/mol. The monoisotopic (exact) mass is 374 g/mol. The summed E-state index contributed by atoms with van der Waals surface area (Å²) < 4.78 is 5.56. The standard InChI is InChI=1S/C22H18N2O4/c1-24(20-11-10-14(12-23-20)21(25)26)22(27)28-13-19-17-8-4-2-6-15(17)16-7-3-5-9-18(16)19/h2-12,19H,13H2,1H3,(H,25,26). The lowest BCUT2D eigenvalue weighted by Gasteiger charge is -2.19. The number of nitrogens with zero attached hydrogens (tertiary/aromatic N) is 2. The summed E-state index contributed by atoms with van der Waals surface area (Å²) in [6.07, 6.45) is 0.669. The number of fused-ring (bicyclic) bond motifs is 3. The molecule has 0 aliphatic heterocycles. The number of carbonyl (C=O) groups excluding carboxylic acids is 1. The first kappa shape index (κ1) is 17.7. The molecule has 1 aromatic heterocycles. The van der Waals surface area contributed by atoms with Crippen molar-refractivity contribution in [2.45, 2.75) is 5.92 Å². The molecular weight excluding hydrogens is 356 g/mol. The molecule has 0 saturated carbocycles. The minimum Gasteiger partial charge on any atom is -0.478 e. The number of pyridine rings is 1. The number of carboxylic acids is 1. The summed E-state index contributed by atoms with van der Waals surface area (Å²) in [6.45, 7) is 0.213. The third kappa shape index (κ3) is 3.09. The molecule has 3 aromatic rings. The lowest BCUT2D eigenvalue weighted by Crippen LogP contribution is -2.29. The molecule has 0 atom stereocenters. The zero-order valence-corrected chi connectivity index (χ0v) is 15.2. The van der Waals surface area contributed by atoms with Crippen LogP contribution in [-0.4, -0.2) is 35.8 Å². The third-order valence-corrected chi connectivity index (χ3v) is 4.95. The second kappa shape index (κ2) is 7.15. The SMILES string of the molecule is CN(C(=O)OCC1c2ccccc2-c2ccccc21)c1ccc(C(=O)O)cn1. The number of hydrogen-bond acceptors (Lipinski definition) is 4. The van der Waals surface area contributed by atoms with Crippen LogP contribution in [0, 0.1) is 0 Å². The van der Waals surface area contributed by atoms with Crippen LogP contribution in [-0.2, 0) is 4.74 Å². The lowest BCUT2D eigenvalue weighted by molar-refractivity contribution is 0.0696. The minimum absolute atomic E-state index is 0.0212.